The molecule has 0 saturated carbocycles. The molecule has 1 saturated heterocycles. The number of hydrogen-bond donors (Lipinski definition) is 1. The van der Waals surface area contributed by atoms with E-state index >= 15 is 0 Å². The topological polar surface area (TPSA) is 53.7 Å². The Morgan fingerprint density at radius 2 is 2.13 bits per heavy atom. The van der Waals surface area contributed by atoms with E-state index in [1.165, 1.54) is 5.56 Å². The molecule has 1 aliphatic rings. The molecule has 0 spiro atoms. The predicted molar refractivity (Wildman–Crippen MR) is 90.6 cm³/mol. The van der Waals surface area contributed by atoms with Gasteiger partial charge in [0, 0.05) is 31.0 Å². The van der Waals surface area contributed by atoms with E-state index in [0.717, 1.165) is 42.0 Å². The highest BCUT2D eigenvalue weighted by molar-refractivity contribution is 5.76. The normalized spacial score (nSPS) is 18.5. The fraction of sp³-hybridized carbons (Fsp3) is 0.333. The number of aliphatic hydroxyl groups is 1. The summed E-state index contributed by atoms with van der Waals surface area (Å²) in [5.74, 6) is 0.901. The first-order chi connectivity index (χ1) is 11.2. The van der Waals surface area contributed by atoms with Crippen LogP contribution in [0.25, 0.3) is 16.8 Å². The quantitative estimate of drug-likeness (QED) is 0.791. The maximum atomic E-state index is 9.94. The first kappa shape index (κ1) is 14.2. The Balaban J connectivity index is 1.80. The highest BCUT2D eigenvalue weighted by Gasteiger charge is 2.21. The first-order valence-corrected chi connectivity index (χ1v) is 8.06. The summed E-state index contributed by atoms with van der Waals surface area (Å²) in [4.78, 5) is 6.71. The maximum absolute atomic E-state index is 9.94. The van der Waals surface area contributed by atoms with Gasteiger partial charge in [0.15, 0.2) is 5.82 Å². The molecule has 4 rings (SSSR count). The van der Waals surface area contributed by atoms with Crippen LogP contribution in [0.1, 0.15) is 18.4 Å². The molecule has 118 valence electrons. The van der Waals surface area contributed by atoms with Crippen molar-refractivity contribution in [2.24, 2.45) is 0 Å². The number of fused-ring (bicyclic) bond motifs is 1. The van der Waals surface area contributed by atoms with E-state index in [0.29, 0.717) is 6.54 Å². The minimum atomic E-state index is -0.274. The predicted octanol–water partition coefficient (Wildman–Crippen LogP) is 2.67. The van der Waals surface area contributed by atoms with Gasteiger partial charge in [-0.15, -0.1) is 0 Å². The van der Waals surface area contributed by atoms with Gasteiger partial charge >= 0.3 is 0 Å². The van der Waals surface area contributed by atoms with Crippen LogP contribution in [0.2, 0.25) is 0 Å². The summed E-state index contributed by atoms with van der Waals surface area (Å²) < 4.78 is 1.88. The van der Waals surface area contributed by atoms with E-state index in [-0.39, 0.29) is 6.10 Å². The fourth-order valence-electron chi connectivity index (χ4n) is 3.29. The van der Waals surface area contributed by atoms with Crippen molar-refractivity contribution in [2.45, 2.75) is 25.9 Å². The molecule has 1 N–H and O–H groups in total. The molecule has 23 heavy (non-hydrogen) atoms. The van der Waals surface area contributed by atoms with E-state index in [1.54, 1.807) is 6.20 Å². The van der Waals surface area contributed by atoms with E-state index in [9.17, 15) is 5.11 Å². The molecule has 0 aliphatic carbocycles. The molecule has 1 unspecified atom stereocenters. The molecule has 3 aromatic rings. The Labute approximate surface area is 135 Å². The van der Waals surface area contributed by atoms with E-state index in [1.807, 2.05) is 22.8 Å². The Kier molecular flexibility index (Phi) is 3.50. The highest BCUT2D eigenvalue weighted by atomic mass is 16.3. The van der Waals surface area contributed by atoms with Crippen molar-refractivity contribution in [3.05, 3.63) is 48.3 Å². The molecule has 1 atom stereocenters. The van der Waals surface area contributed by atoms with Crippen LogP contribution in [0.4, 0.5) is 5.82 Å². The Hall–Kier alpha value is -2.40. The molecule has 1 aliphatic heterocycles. The standard InChI is InChI=1S/C18H20N4O/c1-13-5-2-3-7-15(13)16-11-17-18(19-8-10-22(17)20-16)21-9-4-6-14(23)12-21/h2-3,5,7-8,10-11,14,23H,4,6,9,12H2,1H3. The van der Waals surface area contributed by atoms with Crippen molar-refractivity contribution < 1.29 is 5.11 Å². The third kappa shape index (κ3) is 2.57. The Morgan fingerprint density at radius 1 is 1.26 bits per heavy atom. The third-order valence-electron chi connectivity index (χ3n) is 4.49. The van der Waals surface area contributed by atoms with Crippen LogP contribution in [0.5, 0.6) is 0 Å². The summed E-state index contributed by atoms with van der Waals surface area (Å²) in [7, 11) is 0. The Morgan fingerprint density at radius 3 is 2.96 bits per heavy atom. The van der Waals surface area contributed by atoms with Gasteiger partial charge in [-0.3, -0.25) is 0 Å². The average Bonchev–Trinajstić information content (AvgIpc) is 2.99. The number of β-amino-alcohol motifs (C(OH)–C–C–N with tert-alkyl or cyclic N) is 1. The monoisotopic (exact) mass is 308 g/mol. The number of aliphatic hydroxyl groups excluding tert-OH is 1. The summed E-state index contributed by atoms with van der Waals surface area (Å²) in [5.41, 5.74) is 4.29. The fourth-order valence-corrected chi connectivity index (χ4v) is 3.29. The number of aromatic nitrogens is 3. The summed E-state index contributed by atoms with van der Waals surface area (Å²) >= 11 is 0. The van der Waals surface area contributed by atoms with Gasteiger partial charge in [-0.1, -0.05) is 24.3 Å². The molecule has 3 heterocycles. The van der Waals surface area contributed by atoms with Crippen LogP contribution in [0.3, 0.4) is 0 Å². The van der Waals surface area contributed by atoms with Crippen LogP contribution in [-0.4, -0.2) is 38.9 Å². The van der Waals surface area contributed by atoms with E-state index in [2.05, 4.69) is 35.0 Å². The van der Waals surface area contributed by atoms with Gasteiger partial charge in [0.05, 0.1) is 11.8 Å². The van der Waals surface area contributed by atoms with Gasteiger partial charge in [-0.05, 0) is 31.4 Å². The van der Waals surface area contributed by atoms with Gasteiger partial charge < -0.3 is 10.0 Å². The van der Waals surface area contributed by atoms with Crippen molar-refractivity contribution >= 4 is 11.3 Å². The van der Waals surface area contributed by atoms with Crippen molar-refractivity contribution in [3.63, 3.8) is 0 Å². The lowest BCUT2D eigenvalue weighted by Gasteiger charge is -2.31. The molecule has 0 radical (unpaired) electrons. The smallest absolute Gasteiger partial charge is 0.154 e. The minimum Gasteiger partial charge on any atom is -0.391 e. The summed E-state index contributed by atoms with van der Waals surface area (Å²) in [6.07, 6.45) is 5.24. The molecular formula is C18H20N4O. The van der Waals surface area contributed by atoms with E-state index in [4.69, 9.17) is 5.10 Å². The molecule has 0 amide bonds. The van der Waals surface area contributed by atoms with Crippen LogP contribution in [-0.2, 0) is 0 Å². The second-order valence-corrected chi connectivity index (χ2v) is 6.17. The van der Waals surface area contributed by atoms with Crippen LogP contribution < -0.4 is 4.90 Å². The van der Waals surface area contributed by atoms with Gasteiger partial charge in [0.1, 0.15) is 5.52 Å². The number of benzene rings is 1. The van der Waals surface area contributed by atoms with Gasteiger partial charge in [-0.2, -0.15) is 5.10 Å². The molecule has 5 heteroatoms. The van der Waals surface area contributed by atoms with Crippen LogP contribution in [0.15, 0.2) is 42.7 Å². The third-order valence-corrected chi connectivity index (χ3v) is 4.49. The summed E-state index contributed by atoms with van der Waals surface area (Å²) in [6, 6.07) is 10.4. The van der Waals surface area contributed by atoms with Crippen molar-refractivity contribution in [2.75, 3.05) is 18.0 Å². The zero-order chi connectivity index (χ0) is 15.8. The molecule has 1 fully saturated rings. The number of aryl methyl sites for hydroxylation is 1. The molecule has 1 aromatic carbocycles. The number of hydrogen-bond acceptors (Lipinski definition) is 4. The first-order valence-electron chi connectivity index (χ1n) is 8.06. The molecule has 2 aromatic heterocycles. The maximum Gasteiger partial charge on any atom is 0.154 e. The van der Waals surface area contributed by atoms with Crippen LogP contribution in [0, 0.1) is 6.92 Å². The molecule has 0 bridgehead atoms. The highest BCUT2D eigenvalue weighted by Crippen LogP contribution is 2.28. The van der Waals surface area contributed by atoms with Crippen molar-refractivity contribution in [3.8, 4) is 11.3 Å². The van der Waals surface area contributed by atoms with Crippen molar-refractivity contribution in [1.82, 2.24) is 14.6 Å². The van der Waals surface area contributed by atoms with Gasteiger partial charge in [0.2, 0.25) is 0 Å². The van der Waals surface area contributed by atoms with Crippen molar-refractivity contribution in [1.29, 1.82) is 0 Å². The number of anilines is 1. The second-order valence-electron chi connectivity index (χ2n) is 6.17. The zero-order valence-electron chi connectivity index (χ0n) is 13.2. The Bertz CT molecular complexity index is 842. The van der Waals surface area contributed by atoms with E-state index < -0.39 is 0 Å². The summed E-state index contributed by atoms with van der Waals surface area (Å²) in [6.45, 7) is 3.66. The average molecular weight is 308 g/mol. The minimum absolute atomic E-state index is 0.274. The SMILES string of the molecule is Cc1ccccc1-c1cc2c(N3CCCC(O)C3)nccn2n1. The lowest BCUT2D eigenvalue weighted by molar-refractivity contribution is 0.154. The van der Waals surface area contributed by atoms with Gasteiger partial charge in [-0.25, -0.2) is 9.50 Å². The second kappa shape index (κ2) is 5.66. The zero-order valence-corrected chi connectivity index (χ0v) is 13.2. The number of piperidine rings is 1. The van der Waals surface area contributed by atoms with Gasteiger partial charge in [0.25, 0.3) is 0 Å². The molecular weight excluding hydrogens is 288 g/mol. The molecule has 5 nitrogen and oxygen atoms in total. The lowest BCUT2D eigenvalue weighted by Crippen LogP contribution is -2.38. The number of nitrogens with zero attached hydrogens (tertiary/aromatic N) is 4. The lowest BCUT2D eigenvalue weighted by atomic mass is 10.1. The summed E-state index contributed by atoms with van der Waals surface area (Å²) in [5, 5.41) is 14.6. The largest absolute Gasteiger partial charge is 0.391 e. The number of rotatable bonds is 2. The van der Waals surface area contributed by atoms with Crippen LogP contribution >= 0.6 is 0 Å².